The summed E-state index contributed by atoms with van der Waals surface area (Å²) in [6.07, 6.45) is 0. The van der Waals surface area contributed by atoms with E-state index in [-0.39, 0.29) is 22.2 Å². The fourth-order valence-electron chi connectivity index (χ4n) is 4.05. The highest BCUT2D eigenvalue weighted by molar-refractivity contribution is 6.45. The fourth-order valence-corrected chi connectivity index (χ4v) is 4.45. The summed E-state index contributed by atoms with van der Waals surface area (Å²) in [6, 6.07) is 15.7. The number of anilines is 2. The van der Waals surface area contributed by atoms with Gasteiger partial charge in [0.15, 0.2) is 5.82 Å². The predicted octanol–water partition coefficient (Wildman–Crippen LogP) is 7.94. The maximum Gasteiger partial charge on any atom is 0.334 e. The number of ether oxygens (including phenoxy) is 1. The number of benzene rings is 3. The Bertz CT molecular complexity index is 1410. The maximum absolute atomic E-state index is 15.1. The Morgan fingerprint density at radius 1 is 1.05 bits per heavy atom. The molecule has 38 heavy (non-hydrogen) atoms. The average Bonchev–Trinajstić information content (AvgIpc) is 2.89. The number of hydrogen-bond acceptors (Lipinski definition) is 6. The van der Waals surface area contributed by atoms with Crippen molar-refractivity contribution < 1.29 is 13.9 Å². The van der Waals surface area contributed by atoms with Gasteiger partial charge in [0.2, 0.25) is 0 Å². The van der Waals surface area contributed by atoms with Gasteiger partial charge in [-0.05, 0) is 60.4 Å². The van der Waals surface area contributed by atoms with E-state index in [2.05, 4.69) is 15.8 Å². The van der Waals surface area contributed by atoms with Crippen molar-refractivity contribution in [2.24, 2.45) is 11.1 Å². The molecule has 7 nitrogen and oxygen atoms in total. The van der Waals surface area contributed by atoms with Crippen LogP contribution < -0.4 is 15.4 Å². The second-order valence-electron chi connectivity index (χ2n) is 8.76. The topological polar surface area (TPSA) is 104 Å². The van der Waals surface area contributed by atoms with Crippen LogP contribution >= 0.6 is 23.2 Å². The SMILES string of the molecule is COc1ccccc1N/C(=C(\C(=N)C(=O)N=O)C(Nc1cccc(Cl)c1F)c1ccc(Cl)cc1C)C(C)C. The molecule has 0 aliphatic carbocycles. The van der Waals surface area contributed by atoms with Crippen LogP contribution in [-0.4, -0.2) is 18.7 Å². The minimum Gasteiger partial charge on any atom is -0.495 e. The summed E-state index contributed by atoms with van der Waals surface area (Å²) in [5.74, 6) is -1.76. The van der Waals surface area contributed by atoms with E-state index in [1.54, 1.807) is 55.5 Å². The first-order valence-electron chi connectivity index (χ1n) is 11.7. The first kappa shape index (κ1) is 28.8. The zero-order valence-electron chi connectivity index (χ0n) is 21.2. The Balaban J connectivity index is 2.37. The highest BCUT2D eigenvalue weighted by atomic mass is 35.5. The Hall–Kier alpha value is -3.75. The monoisotopic (exact) mass is 556 g/mol. The number of allylic oxidation sites excluding steroid dienone is 1. The molecule has 0 bridgehead atoms. The standard InChI is InChI=1S/C28H27Cl2FN4O3/c1-15(2)26(33-20-9-5-6-11-22(20)38-4)23(25(32)28(36)35-37)27(18-13-12-17(29)14-16(18)3)34-21-10-7-8-19(30)24(21)31/h5-15,27,32-34H,1-4H3/b26-23+,32-25?. The normalized spacial score (nSPS) is 12.4. The third-order valence-electron chi connectivity index (χ3n) is 5.89. The van der Waals surface area contributed by atoms with E-state index in [1.807, 2.05) is 13.8 Å². The lowest BCUT2D eigenvalue weighted by Crippen LogP contribution is -2.29. The van der Waals surface area contributed by atoms with Crippen LogP contribution in [0.2, 0.25) is 10.0 Å². The van der Waals surface area contributed by atoms with Gasteiger partial charge < -0.3 is 15.4 Å². The number of para-hydroxylation sites is 2. The summed E-state index contributed by atoms with van der Waals surface area (Å²) < 4.78 is 20.6. The third-order valence-corrected chi connectivity index (χ3v) is 6.42. The molecule has 10 heteroatoms. The molecule has 0 saturated heterocycles. The van der Waals surface area contributed by atoms with Crippen LogP contribution in [0.5, 0.6) is 5.75 Å². The molecule has 0 saturated carbocycles. The largest absolute Gasteiger partial charge is 0.495 e. The molecule has 0 fully saturated rings. The molecule has 1 amide bonds. The number of nitroso groups, excluding NO2 is 1. The Kier molecular flexibility index (Phi) is 9.61. The van der Waals surface area contributed by atoms with E-state index < -0.39 is 23.5 Å². The van der Waals surface area contributed by atoms with Crippen LogP contribution in [0.1, 0.15) is 31.0 Å². The molecule has 0 spiro atoms. The molecule has 0 radical (unpaired) electrons. The number of methoxy groups -OCH3 is 1. The molecule has 0 aromatic heterocycles. The first-order valence-corrected chi connectivity index (χ1v) is 12.4. The van der Waals surface area contributed by atoms with Gasteiger partial charge in [-0.1, -0.05) is 61.3 Å². The smallest absolute Gasteiger partial charge is 0.334 e. The van der Waals surface area contributed by atoms with Gasteiger partial charge in [0, 0.05) is 21.5 Å². The number of nitrogens with zero attached hydrogens (tertiary/aromatic N) is 1. The number of aryl methyl sites for hydroxylation is 1. The summed E-state index contributed by atoms with van der Waals surface area (Å²) in [7, 11) is 1.52. The summed E-state index contributed by atoms with van der Waals surface area (Å²) in [6.45, 7) is 5.51. The van der Waals surface area contributed by atoms with Crippen molar-refractivity contribution >= 4 is 46.2 Å². The van der Waals surface area contributed by atoms with Gasteiger partial charge in [0.05, 0.1) is 29.5 Å². The van der Waals surface area contributed by atoms with Crippen molar-refractivity contribution in [3.8, 4) is 5.75 Å². The molecular formula is C28H27Cl2FN4O3. The molecule has 3 N–H and O–H groups in total. The quantitative estimate of drug-likeness (QED) is 0.173. The number of halogens is 3. The van der Waals surface area contributed by atoms with Crippen LogP contribution in [0, 0.1) is 29.0 Å². The third kappa shape index (κ3) is 6.38. The van der Waals surface area contributed by atoms with E-state index in [0.29, 0.717) is 33.3 Å². The number of rotatable bonds is 10. The van der Waals surface area contributed by atoms with Gasteiger partial charge in [-0.2, -0.15) is 0 Å². The highest BCUT2D eigenvalue weighted by Gasteiger charge is 2.31. The summed E-state index contributed by atoms with van der Waals surface area (Å²) in [5, 5.41) is 18.0. The van der Waals surface area contributed by atoms with E-state index >= 15 is 4.39 Å². The van der Waals surface area contributed by atoms with E-state index in [9.17, 15) is 9.70 Å². The van der Waals surface area contributed by atoms with Gasteiger partial charge in [-0.15, -0.1) is 4.91 Å². The van der Waals surface area contributed by atoms with Gasteiger partial charge in [0.25, 0.3) is 0 Å². The van der Waals surface area contributed by atoms with Crippen molar-refractivity contribution in [3.63, 3.8) is 0 Å². The molecule has 0 heterocycles. The number of carbonyl (C=O) groups is 1. The Morgan fingerprint density at radius 3 is 2.37 bits per heavy atom. The van der Waals surface area contributed by atoms with Crippen molar-refractivity contribution in [1.29, 1.82) is 5.41 Å². The lowest BCUT2D eigenvalue weighted by Gasteiger charge is -2.29. The van der Waals surface area contributed by atoms with Crippen LogP contribution in [-0.2, 0) is 4.79 Å². The molecule has 3 aromatic rings. The molecule has 1 atom stereocenters. The summed E-state index contributed by atoms with van der Waals surface area (Å²) in [4.78, 5) is 23.9. The molecule has 1 unspecified atom stereocenters. The fraction of sp³-hybridized carbons (Fsp3) is 0.214. The van der Waals surface area contributed by atoms with Crippen LogP contribution in [0.4, 0.5) is 15.8 Å². The minimum atomic E-state index is -1.27. The molecular weight excluding hydrogens is 530 g/mol. The second-order valence-corrected chi connectivity index (χ2v) is 9.60. The second kappa shape index (κ2) is 12.7. The summed E-state index contributed by atoms with van der Waals surface area (Å²) >= 11 is 12.2. The lowest BCUT2D eigenvalue weighted by molar-refractivity contribution is -0.111. The van der Waals surface area contributed by atoms with Crippen molar-refractivity contribution in [2.75, 3.05) is 17.7 Å². The van der Waals surface area contributed by atoms with Crippen molar-refractivity contribution in [3.05, 3.63) is 104 Å². The van der Waals surface area contributed by atoms with Crippen LogP contribution in [0.25, 0.3) is 0 Å². The van der Waals surface area contributed by atoms with E-state index in [4.69, 9.17) is 33.3 Å². The van der Waals surface area contributed by atoms with Crippen molar-refractivity contribution in [1.82, 2.24) is 0 Å². The number of hydrogen-bond donors (Lipinski definition) is 3. The molecule has 0 aliphatic heterocycles. The summed E-state index contributed by atoms with van der Waals surface area (Å²) in [5.41, 5.74) is 1.76. The Morgan fingerprint density at radius 2 is 1.74 bits per heavy atom. The van der Waals surface area contributed by atoms with E-state index in [0.717, 1.165) is 0 Å². The molecule has 3 aromatic carbocycles. The highest BCUT2D eigenvalue weighted by Crippen LogP contribution is 2.37. The van der Waals surface area contributed by atoms with Crippen LogP contribution in [0.15, 0.2) is 77.1 Å². The maximum atomic E-state index is 15.1. The number of carbonyl (C=O) groups excluding carboxylic acids is 1. The average molecular weight is 557 g/mol. The molecule has 198 valence electrons. The minimum absolute atomic E-state index is 0.0362. The van der Waals surface area contributed by atoms with E-state index in [1.165, 1.54) is 19.2 Å². The first-order chi connectivity index (χ1) is 18.1. The zero-order chi connectivity index (χ0) is 28.0. The number of nitrogens with one attached hydrogen (secondary N) is 3. The lowest BCUT2D eigenvalue weighted by atomic mass is 9.87. The van der Waals surface area contributed by atoms with Gasteiger partial charge >= 0.3 is 5.91 Å². The molecule has 0 aliphatic rings. The number of amides is 1. The predicted molar refractivity (Wildman–Crippen MR) is 151 cm³/mol. The molecule has 3 rings (SSSR count). The zero-order valence-corrected chi connectivity index (χ0v) is 22.7. The van der Waals surface area contributed by atoms with Crippen molar-refractivity contribution in [2.45, 2.75) is 26.8 Å². The van der Waals surface area contributed by atoms with Gasteiger partial charge in [-0.3, -0.25) is 10.2 Å². The van der Waals surface area contributed by atoms with Gasteiger partial charge in [-0.25, -0.2) is 4.39 Å². The Labute approximate surface area is 230 Å². The van der Waals surface area contributed by atoms with Crippen LogP contribution in [0.3, 0.4) is 0 Å². The van der Waals surface area contributed by atoms with Gasteiger partial charge in [0.1, 0.15) is 11.5 Å².